The molecule has 112 valence electrons. The van der Waals surface area contributed by atoms with Crippen molar-refractivity contribution in [1.29, 1.82) is 0 Å². The average molecular weight is 285 g/mol. The number of amides is 1. The summed E-state index contributed by atoms with van der Waals surface area (Å²) >= 11 is 0. The third-order valence-corrected chi connectivity index (χ3v) is 4.27. The number of aromatic nitrogens is 1. The number of fused-ring (bicyclic) bond motifs is 1. The molecule has 0 radical (unpaired) electrons. The minimum atomic E-state index is 0.165. The van der Waals surface area contributed by atoms with Crippen molar-refractivity contribution in [3.05, 3.63) is 36.0 Å². The molecule has 0 spiro atoms. The molecule has 2 aromatic rings. The lowest BCUT2D eigenvalue weighted by molar-refractivity contribution is 0.0575. The van der Waals surface area contributed by atoms with Gasteiger partial charge in [0.1, 0.15) is 0 Å². The normalized spacial score (nSPS) is 19.4. The van der Waals surface area contributed by atoms with Gasteiger partial charge in [0.05, 0.1) is 0 Å². The number of rotatable bonds is 3. The van der Waals surface area contributed by atoms with Gasteiger partial charge in [-0.1, -0.05) is 6.07 Å². The number of benzene rings is 1. The Morgan fingerprint density at radius 1 is 1.33 bits per heavy atom. The number of carbonyl (C=O) groups is 1. The van der Waals surface area contributed by atoms with Crippen LogP contribution in [0.3, 0.4) is 0 Å². The van der Waals surface area contributed by atoms with E-state index in [4.69, 9.17) is 0 Å². The van der Waals surface area contributed by atoms with E-state index in [1.807, 2.05) is 30.5 Å². The van der Waals surface area contributed by atoms with E-state index in [0.717, 1.165) is 42.4 Å². The number of aromatic amines is 1. The van der Waals surface area contributed by atoms with Crippen molar-refractivity contribution < 1.29 is 4.79 Å². The standard InChI is InChI=1S/C17H23N3O/c1-19(2)12-15-5-3-4-10-20(15)17(21)14-7-6-13-8-9-18-16(13)11-14/h6-9,11,15,18H,3-5,10,12H2,1-2H3/t15-/m1/s1. The van der Waals surface area contributed by atoms with Crippen LogP contribution in [0.2, 0.25) is 0 Å². The second-order valence-corrected chi connectivity index (χ2v) is 6.19. The van der Waals surface area contributed by atoms with Crippen LogP contribution in [-0.2, 0) is 0 Å². The van der Waals surface area contributed by atoms with Gasteiger partial charge in [-0.05, 0) is 56.9 Å². The predicted molar refractivity (Wildman–Crippen MR) is 85.5 cm³/mol. The predicted octanol–water partition coefficient (Wildman–Crippen LogP) is 2.72. The fourth-order valence-electron chi connectivity index (χ4n) is 3.23. The van der Waals surface area contributed by atoms with Gasteiger partial charge in [-0.2, -0.15) is 0 Å². The van der Waals surface area contributed by atoms with E-state index < -0.39 is 0 Å². The van der Waals surface area contributed by atoms with Crippen LogP contribution in [0.15, 0.2) is 30.5 Å². The highest BCUT2D eigenvalue weighted by molar-refractivity contribution is 5.98. The van der Waals surface area contributed by atoms with Crippen LogP contribution in [-0.4, -0.2) is 53.9 Å². The highest BCUT2D eigenvalue weighted by Crippen LogP contribution is 2.22. The number of H-pyrrole nitrogens is 1. The molecule has 1 aromatic carbocycles. The zero-order chi connectivity index (χ0) is 14.8. The van der Waals surface area contributed by atoms with Crippen LogP contribution in [0.4, 0.5) is 0 Å². The molecule has 1 aliphatic rings. The summed E-state index contributed by atoms with van der Waals surface area (Å²) in [5.41, 5.74) is 1.82. The molecule has 4 nitrogen and oxygen atoms in total. The van der Waals surface area contributed by atoms with Crippen molar-refractivity contribution in [2.75, 3.05) is 27.2 Å². The smallest absolute Gasteiger partial charge is 0.254 e. The Bertz CT molecular complexity index is 632. The zero-order valence-electron chi connectivity index (χ0n) is 12.8. The molecule has 21 heavy (non-hydrogen) atoms. The Morgan fingerprint density at radius 2 is 2.19 bits per heavy atom. The molecule has 0 aliphatic carbocycles. The van der Waals surface area contributed by atoms with E-state index in [9.17, 15) is 4.79 Å². The number of likely N-dealkylation sites (tertiary alicyclic amines) is 1. The molecule has 1 fully saturated rings. The molecule has 0 bridgehead atoms. The first-order valence-electron chi connectivity index (χ1n) is 7.68. The molecule has 0 saturated carbocycles. The summed E-state index contributed by atoms with van der Waals surface area (Å²) in [6, 6.07) is 8.29. The summed E-state index contributed by atoms with van der Waals surface area (Å²) in [6.07, 6.45) is 5.35. The van der Waals surface area contributed by atoms with Gasteiger partial charge in [0.25, 0.3) is 5.91 Å². The van der Waals surface area contributed by atoms with Gasteiger partial charge >= 0.3 is 0 Å². The molecule has 2 heterocycles. The van der Waals surface area contributed by atoms with E-state index in [-0.39, 0.29) is 5.91 Å². The third-order valence-electron chi connectivity index (χ3n) is 4.27. The summed E-state index contributed by atoms with van der Waals surface area (Å²) in [5, 5.41) is 1.15. The second kappa shape index (κ2) is 5.90. The molecule has 1 aromatic heterocycles. The summed E-state index contributed by atoms with van der Waals surface area (Å²) in [6.45, 7) is 1.82. The van der Waals surface area contributed by atoms with E-state index in [0.29, 0.717) is 6.04 Å². The van der Waals surface area contributed by atoms with Crippen LogP contribution in [0.25, 0.3) is 10.9 Å². The van der Waals surface area contributed by atoms with E-state index in [2.05, 4.69) is 28.9 Å². The maximum Gasteiger partial charge on any atom is 0.254 e. The Morgan fingerprint density at radius 3 is 3.00 bits per heavy atom. The molecule has 1 atom stereocenters. The summed E-state index contributed by atoms with van der Waals surface area (Å²) in [5.74, 6) is 0.165. The first kappa shape index (κ1) is 14.1. The summed E-state index contributed by atoms with van der Waals surface area (Å²) in [4.78, 5) is 20.3. The Kier molecular flexibility index (Phi) is 3.97. The SMILES string of the molecule is CN(C)C[C@H]1CCCCN1C(=O)c1ccc2cc[nH]c2c1. The lowest BCUT2D eigenvalue weighted by atomic mass is 10.00. The number of carbonyl (C=O) groups excluding carboxylic acids is 1. The Balaban J connectivity index is 1.84. The number of nitrogens with zero attached hydrogens (tertiary/aromatic N) is 2. The molecular formula is C17H23N3O. The van der Waals surface area contributed by atoms with Gasteiger partial charge in [0.15, 0.2) is 0 Å². The third kappa shape index (κ3) is 2.95. The van der Waals surface area contributed by atoms with E-state index in [1.54, 1.807) is 0 Å². The zero-order valence-corrected chi connectivity index (χ0v) is 12.8. The van der Waals surface area contributed by atoms with Gasteiger partial charge in [-0.25, -0.2) is 0 Å². The monoisotopic (exact) mass is 285 g/mol. The van der Waals surface area contributed by atoms with Crippen molar-refractivity contribution >= 4 is 16.8 Å². The second-order valence-electron chi connectivity index (χ2n) is 6.19. The van der Waals surface area contributed by atoms with E-state index in [1.165, 1.54) is 6.42 Å². The lowest BCUT2D eigenvalue weighted by Crippen LogP contribution is -2.48. The number of hydrogen-bond acceptors (Lipinski definition) is 2. The van der Waals surface area contributed by atoms with Gasteiger partial charge in [-0.3, -0.25) is 4.79 Å². The summed E-state index contributed by atoms with van der Waals surface area (Å²) < 4.78 is 0. The van der Waals surface area contributed by atoms with Crippen LogP contribution < -0.4 is 0 Å². The molecule has 1 aliphatic heterocycles. The highest BCUT2D eigenvalue weighted by atomic mass is 16.2. The minimum Gasteiger partial charge on any atom is -0.361 e. The highest BCUT2D eigenvalue weighted by Gasteiger charge is 2.27. The van der Waals surface area contributed by atoms with Crippen molar-refractivity contribution in [3.63, 3.8) is 0 Å². The average Bonchev–Trinajstić information content (AvgIpc) is 2.94. The first-order chi connectivity index (χ1) is 10.1. The largest absolute Gasteiger partial charge is 0.361 e. The number of nitrogens with one attached hydrogen (secondary N) is 1. The quantitative estimate of drug-likeness (QED) is 0.942. The molecule has 1 amide bonds. The van der Waals surface area contributed by atoms with Crippen LogP contribution in [0.1, 0.15) is 29.6 Å². The van der Waals surface area contributed by atoms with Crippen LogP contribution in [0.5, 0.6) is 0 Å². The van der Waals surface area contributed by atoms with Crippen LogP contribution >= 0.6 is 0 Å². The van der Waals surface area contributed by atoms with Crippen LogP contribution in [0, 0.1) is 0 Å². The molecule has 3 rings (SSSR count). The van der Waals surface area contributed by atoms with Crippen molar-refractivity contribution in [3.8, 4) is 0 Å². The Hall–Kier alpha value is -1.81. The Labute approximate surface area is 125 Å². The van der Waals surface area contributed by atoms with Crippen molar-refractivity contribution in [2.24, 2.45) is 0 Å². The van der Waals surface area contributed by atoms with Gasteiger partial charge in [0, 0.05) is 36.4 Å². The fraction of sp³-hybridized carbons (Fsp3) is 0.471. The van der Waals surface area contributed by atoms with Gasteiger partial charge in [-0.15, -0.1) is 0 Å². The molecule has 1 N–H and O–H groups in total. The molecule has 1 saturated heterocycles. The maximum absolute atomic E-state index is 12.9. The molecule has 4 heteroatoms. The number of likely N-dealkylation sites (N-methyl/N-ethyl adjacent to an activating group) is 1. The van der Waals surface area contributed by atoms with Gasteiger partial charge < -0.3 is 14.8 Å². The van der Waals surface area contributed by atoms with Crippen molar-refractivity contribution in [2.45, 2.75) is 25.3 Å². The first-order valence-corrected chi connectivity index (χ1v) is 7.68. The topological polar surface area (TPSA) is 39.3 Å². The number of piperidine rings is 1. The summed E-state index contributed by atoms with van der Waals surface area (Å²) in [7, 11) is 4.14. The molecular weight excluding hydrogens is 262 g/mol. The fourth-order valence-corrected chi connectivity index (χ4v) is 3.23. The lowest BCUT2D eigenvalue weighted by Gasteiger charge is -2.37. The van der Waals surface area contributed by atoms with E-state index >= 15 is 0 Å². The van der Waals surface area contributed by atoms with Crippen molar-refractivity contribution in [1.82, 2.24) is 14.8 Å². The minimum absolute atomic E-state index is 0.165. The van der Waals surface area contributed by atoms with Gasteiger partial charge in [0.2, 0.25) is 0 Å². The molecule has 0 unspecified atom stereocenters. The maximum atomic E-state index is 12.9. The number of hydrogen-bond donors (Lipinski definition) is 1.